The Bertz CT molecular complexity index is 467. The van der Waals surface area contributed by atoms with E-state index in [2.05, 4.69) is 10.6 Å². The van der Waals surface area contributed by atoms with Crippen LogP contribution in [0.25, 0.3) is 0 Å². The van der Waals surface area contributed by atoms with Crippen molar-refractivity contribution in [2.75, 3.05) is 20.2 Å². The topological polar surface area (TPSA) is 50.4 Å². The summed E-state index contributed by atoms with van der Waals surface area (Å²) in [6.07, 6.45) is 1.98. The van der Waals surface area contributed by atoms with Gasteiger partial charge in [-0.25, -0.2) is 0 Å². The minimum Gasteiger partial charge on any atom is -0.496 e. The van der Waals surface area contributed by atoms with E-state index < -0.39 is 0 Å². The highest BCUT2D eigenvalue weighted by molar-refractivity contribution is 5.83. The molecule has 110 valence electrons. The Morgan fingerprint density at radius 3 is 2.85 bits per heavy atom. The van der Waals surface area contributed by atoms with Gasteiger partial charge in [0.1, 0.15) is 5.75 Å². The average Bonchev–Trinajstić information content (AvgIpc) is 2.47. The van der Waals surface area contributed by atoms with Crippen LogP contribution in [0.5, 0.6) is 5.75 Å². The van der Waals surface area contributed by atoms with Gasteiger partial charge in [0.05, 0.1) is 18.6 Å². The Morgan fingerprint density at radius 1 is 1.45 bits per heavy atom. The number of hydrogen-bond acceptors (Lipinski definition) is 3. The van der Waals surface area contributed by atoms with E-state index in [-0.39, 0.29) is 17.4 Å². The summed E-state index contributed by atoms with van der Waals surface area (Å²) >= 11 is 0. The molecule has 1 amide bonds. The van der Waals surface area contributed by atoms with Crippen LogP contribution >= 0.6 is 0 Å². The van der Waals surface area contributed by atoms with Crippen molar-refractivity contribution in [3.8, 4) is 5.75 Å². The van der Waals surface area contributed by atoms with Gasteiger partial charge in [-0.2, -0.15) is 0 Å². The highest BCUT2D eigenvalue weighted by Crippen LogP contribution is 2.29. The van der Waals surface area contributed by atoms with Crippen molar-refractivity contribution in [3.05, 3.63) is 29.8 Å². The van der Waals surface area contributed by atoms with Crippen LogP contribution in [0.3, 0.4) is 0 Å². The molecule has 0 saturated carbocycles. The van der Waals surface area contributed by atoms with E-state index in [1.807, 2.05) is 38.1 Å². The fourth-order valence-corrected chi connectivity index (χ4v) is 2.72. The minimum absolute atomic E-state index is 0.0580. The maximum absolute atomic E-state index is 12.5. The van der Waals surface area contributed by atoms with Crippen LogP contribution in [0.15, 0.2) is 24.3 Å². The zero-order valence-electron chi connectivity index (χ0n) is 12.5. The van der Waals surface area contributed by atoms with E-state index in [9.17, 15) is 4.79 Å². The second-order valence-electron chi connectivity index (χ2n) is 5.78. The molecule has 2 atom stereocenters. The van der Waals surface area contributed by atoms with Crippen molar-refractivity contribution in [2.45, 2.75) is 32.7 Å². The van der Waals surface area contributed by atoms with Crippen LogP contribution in [0, 0.1) is 5.41 Å². The lowest BCUT2D eigenvalue weighted by atomic mass is 9.81. The molecule has 1 saturated heterocycles. The zero-order valence-corrected chi connectivity index (χ0v) is 12.5. The molecular weight excluding hydrogens is 252 g/mol. The Morgan fingerprint density at radius 2 is 2.20 bits per heavy atom. The molecule has 0 aliphatic carbocycles. The molecule has 0 aromatic heterocycles. The summed E-state index contributed by atoms with van der Waals surface area (Å²) < 4.78 is 5.36. The molecule has 1 fully saturated rings. The first-order valence-corrected chi connectivity index (χ1v) is 7.21. The number of ether oxygens (including phenoxy) is 1. The fraction of sp³-hybridized carbons (Fsp3) is 0.562. The first kappa shape index (κ1) is 14.9. The van der Waals surface area contributed by atoms with Crippen molar-refractivity contribution in [1.29, 1.82) is 0 Å². The highest BCUT2D eigenvalue weighted by Gasteiger charge is 2.35. The number of nitrogens with one attached hydrogen (secondary N) is 2. The monoisotopic (exact) mass is 276 g/mol. The molecule has 0 bridgehead atoms. The maximum atomic E-state index is 12.5. The standard InChI is InChI=1S/C16H24N2O2/c1-12(13-7-4-5-8-14(13)20-3)18-15(19)16(2)9-6-10-17-11-16/h4-5,7-8,12,17H,6,9-11H2,1-3H3,(H,18,19)/t12-,16?/m1/s1. The first-order chi connectivity index (χ1) is 9.57. The van der Waals surface area contributed by atoms with Crippen LogP contribution < -0.4 is 15.4 Å². The Labute approximate surface area is 120 Å². The van der Waals surface area contributed by atoms with Crippen LogP contribution in [0.4, 0.5) is 0 Å². The number of carbonyl (C=O) groups is 1. The second kappa shape index (κ2) is 6.27. The first-order valence-electron chi connectivity index (χ1n) is 7.21. The molecule has 2 rings (SSSR count). The van der Waals surface area contributed by atoms with Gasteiger partial charge in [-0.3, -0.25) is 4.79 Å². The van der Waals surface area contributed by atoms with Gasteiger partial charge in [-0.1, -0.05) is 18.2 Å². The van der Waals surface area contributed by atoms with Gasteiger partial charge in [-0.05, 0) is 39.3 Å². The van der Waals surface area contributed by atoms with Crippen molar-refractivity contribution in [1.82, 2.24) is 10.6 Å². The number of benzene rings is 1. The molecule has 1 heterocycles. The van der Waals surface area contributed by atoms with E-state index >= 15 is 0 Å². The number of para-hydroxylation sites is 1. The van der Waals surface area contributed by atoms with Crippen molar-refractivity contribution >= 4 is 5.91 Å². The van der Waals surface area contributed by atoms with Crippen LogP contribution in [0.1, 0.15) is 38.3 Å². The zero-order chi connectivity index (χ0) is 14.6. The van der Waals surface area contributed by atoms with Gasteiger partial charge >= 0.3 is 0 Å². The Kier molecular flexibility index (Phi) is 4.65. The molecule has 1 unspecified atom stereocenters. The van der Waals surface area contributed by atoms with Gasteiger partial charge in [-0.15, -0.1) is 0 Å². The van der Waals surface area contributed by atoms with Crippen molar-refractivity contribution in [2.24, 2.45) is 5.41 Å². The van der Waals surface area contributed by atoms with Gasteiger partial charge in [0.15, 0.2) is 0 Å². The average molecular weight is 276 g/mol. The second-order valence-corrected chi connectivity index (χ2v) is 5.78. The van der Waals surface area contributed by atoms with Crippen molar-refractivity contribution < 1.29 is 9.53 Å². The maximum Gasteiger partial charge on any atom is 0.227 e. The molecule has 0 spiro atoms. The molecule has 1 aromatic carbocycles. The smallest absolute Gasteiger partial charge is 0.227 e. The highest BCUT2D eigenvalue weighted by atomic mass is 16.5. The van der Waals surface area contributed by atoms with Crippen LogP contribution in [-0.2, 0) is 4.79 Å². The predicted molar refractivity (Wildman–Crippen MR) is 79.8 cm³/mol. The molecule has 1 aliphatic heterocycles. The predicted octanol–water partition coefficient (Wildman–Crippen LogP) is 2.26. The van der Waals surface area contributed by atoms with Gasteiger partial charge in [0.2, 0.25) is 5.91 Å². The van der Waals surface area contributed by atoms with E-state index in [1.54, 1.807) is 7.11 Å². The molecular formula is C16H24N2O2. The summed E-state index contributed by atoms with van der Waals surface area (Å²) in [5.74, 6) is 0.926. The molecule has 4 nitrogen and oxygen atoms in total. The normalized spacial score (nSPS) is 23.9. The summed E-state index contributed by atoms with van der Waals surface area (Å²) in [5.41, 5.74) is 0.699. The summed E-state index contributed by atoms with van der Waals surface area (Å²) in [4.78, 5) is 12.5. The third-order valence-electron chi connectivity index (χ3n) is 4.10. The number of methoxy groups -OCH3 is 1. The van der Waals surface area contributed by atoms with E-state index in [0.29, 0.717) is 0 Å². The summed E-state index contributed by atoms with van der Waals surface area (Å²) in [5, 5.41) is 6.43. The number of rotatable bonds is 4. The van der Waals surface area contributed by atoms with Gasteiger partial charge < -0.3 is 15.4 Å². The summed E-state index contributed by atoms with van der Waals surface area (Å²) in [6, 6.07) is 7.75. The number of amides is 1. The molecule has 1 aliphatic rings. The quantitative estimate of drug-likeness (QED) is 0.887. The lowest BCUT2D eigenvalue weighted by Crippen LogP contribution is -2.49. The fourth-order valence-electron chi connectivity index (χ4n) is 2.72. The van der Waals surface area contributed by atoms with E-state index in [4.69, 9.17) is 4.74 Å². The third-order valence-corrected chi connectivity index (χ3v) is 4.10. The lowest BCUT2D eigenvalue weighted by Gasteiger charge is -2.34. The molecule has 1 aromatic rings. The Hall–Kier alpha value is -1.55. The SMILES string of the molecule is COc1ccccc1[C@@H](C)NC(=O)C1(C)CCCNC1. The number of hydrogen-bond donors (Lipinski definition) is 2. The molecule has 2 N–H and O–H groups in total. The molecule has 4 heteroatoms. The third kappa shape index (κ3) is 3.12. The molecule has 20 heavy (non-hydrogen) atoms. The van der Waals surface area contributed by atoms with Gasteiger partial charge in [0.25, 0.3) is 0 Å². The Balaban J connectivity index is 2.07. The number of piperidine rings is 1. The van der Waals surface area contributed by atoms with Crippen molar-refractivity contribution in [3.63, 3.8) is 0 Å². The molecule has 0 radical (unpaired) electrons. The summed E-state index contributed by atoms with van der Waals surface area (Å²) in [6.45, 7) is 5.78. The number of carbonyl (C=O) groups excluding carboxylic acids is 1. The van der Waals surface area contributed by atoms with Gasteiger partial charge in [0, 0.05) is 12.1 Å². The summed E-state index contributed by atoms with van der Waals surface area (Å²) in [7, 11) is 1.65. The minimum atomic E-state index is -0.311. The van der Waals surface area contributed by atoms with E-state index in [0.717, 1.165) is 37.2 Å². The van der Waals surface area contributed by atoms with Crippen LogP contribution in [0.2, 0.25) is 0 Å². The lowest BCUT2D eigenvalue weighted by molar-refractivity contribution is -0.131. The van der Waals surface area contributed by atoms with E-state index in [1.165, 1.54) is 0 Å². The van der Waals surface area contributed by atoms with Crippen LogP contribution in [-0.4, -0.2) is 26.1 Å². The largest absolute Gasteiger partial charge is 0.496 e.